The molecular weight excluding hydrogens is 128 g/mol. The maximum absolute atomic E-state index is 8.76. The smallest absolute Gasteiger partial charge is 0.0795 e. The Balaban J connectivity index is 0.000000371. The molecular formula is C7H14N2O. The molecule has 0 saturated carbocycles. The monoisotopic (exact) mass is 142 g/mol. The van der Waals surface area contributed by atoms with Crippen molar-refractivity contribution in [2.45, 2.75) is 27.2 Å². The summed E-state index contributed by atoms with van der Waals surface area (Å²) in [6.45, 7) is 5.96. The fourth-order valence-electron chi connectivity index (χ4n) is 0.583. The lowest BCUT2D eigenvalue weighted by Crippen LogP contribution is -1.96. The summed E-state index contributed by atoms with van der Waals surface area (Å²) in [6, 6.07) is 1.78. The molecule has 0 saturated heterocycles. The van der Waals surface area contributed by atoms with Gasteiger partial charge in [-0.2, -0.15) is 0 Å². The molecule has 0 aliphatic rings. The lowest BCUT2D eigenvalue weighted by molar-refractivity contribution is 0.140. The molecule has 1 rings (SSSR count). The van der Waals surface area contributed by atoms with Crippen LogP contribution in [0.5, 0.6) is 0 Å². The van der Waals surface area contributed by atoms with Crippen molar-refractivity contribution in [2.24, 2.45) is 0 Å². The summed E-state index contributed by atoms with van der Waals surface area (Å²) in [5.74, 6) is 0. The largest absolute Gasteiger partial charge is 0.411 e. The van der Waals surface area contributed by atoms with Crippen LogP contribution in [-0.4, -0.2) is 15.2 Å². The fourth-order valence-corrected chi connectivity index (χ4v) is 0.583. The highest BCUT2D eigenvalue weighted by Gasteiger charge is 1.92. The van der Waals surface area contributed by atoms with Crippen LogP contribution in [-0.2, 0) is 6.42 Å². The Labute approximate surface area is 61.3 Å². The molecule has 0 fully saturated rings. The molecule has 10 heavy (non-hydrogen) atoms. The van der Waals surface area contributed by atoms with Gasteiger partial charge in [0.25, 0.3) is 0 Å². The van der Waals surface area contributed by atoms with E-state index in [1.807, 2.05) is 20.8 Å². The molecule has 0 spiro atoms. The van der Waals surface area contributed by atoms with Gasteiger partial charge >= 0.3 is 0 Å². The molecule has 0 aromatic carbocycles. The quantitative estimate of drug-likeness (QED) is 0.606. The first-order chi connectivity index (χ1) is 4.84. The number of hydrogen-bond donors (Lipinski definition) is 1. The molecule has 0 radical (unpaired) electrons. The van der Waals surface area contributed by atoms with Crippen LogP contribution in [0.4, 0.5) is 0 Å². The summed E-state index contributed by atoms with van der Waals surface area (Å²) < 4.78 is 0. The highest BCUT2D eigenvalue weighted by atomic mass is 16.5. The van der Waals surface area contributed by atoms with E-state index in [9.17, 15) is 0 Å². The third-order valence-electron chi connectivity index (χ3n) is 1.06. The molecule has 0 aliphatic carbocycles. The minimum absolute atomic E-state index is 0.816. The van der Waals surface area contributed by atoms with Crippen molar-refractivity contribution in [3.63, 3.8) is 0 Å². The van der Waals surface area contributed by atoms with Crippen LogP contribution in [0.25, 0.3) is 0 Å². The normalized spacial score (nSPS) is 8.30. The molecule has 1 heterocycles. The number of aromatic nitrogens is 2. The number of rotatable bonds is 1. The van der Waals surface area contributed by atoms with E-state index in [-0.39, 0.29) is 0 Å². The van der Waals surface area contributed by atoms with Crippen molar-refractivity contribution in [2.75, 3.05) is 0 Å². The SMILES string of the molecule is CC.CCc1ccnn1O. The highest BCUT2D eigenvalue weighted by Crippen LogP contribution is 1.94. The van der Waals surface area contributed by atoms with E-state index in [0.29, 0.717) is 0 Å². The van der Waals surface area contributed by atoms with Gasteiger partial charge in [-0.25, -0.2) is 0 Å². The van der Waals surface area contributed by atoms with Crippen LogP contribution in [0.2, 0.25) is 0 Å². The summed E-state index contributed by atoms with van der Waals surface area (Å²) >= 11 is 0. The Bertz CT molecular complexity index is 172. The Morgan fingerprint density at radius 1 is 1.60 bits per heavy atom. The Hall–Kier alpha value is -0.990. The standard InChI is InChI=1S/C5H8N2O.C2H6/c1-2-5-3-4-6-7(5)8;1-2/h3-4,8H,2H2,1H3;1-2H3. The van der Waals surface area contributed by atoms with Crippen LogP contribution in [0, 0.1) is 0 Å². The molecule has 1 aromatic heterocycles. The summed E-state index contributed by atoms with van der Waals surface area (Å²) in [5, 5.41) is 12.3. The van der Waals surface area contributed by atoms with Crippen LogP contribution in [0.1, 0.15) is 26.5 Å². The Morgan fingerprint density at radius 2 is 2.20 bits per heavy atom. The predicted molar refractivity (Wildman–Crippen MR) is 40.1 cm³/mol. The molecule has 1 aromatic rings. The van der Waals surface area contributed by atoms with Crippen molar-refractivity contribution < 1.29 is 5.21 Å². The van der Waals surface area contributed by atoms with Gasteiger partial charge in [0.1, 0.15) is 0 Å². The second kappa shape index (κ2) is 4.85. The van der Waals surface area contributed by atoms with Crippen molar-refractivity contribution in [1.29, 1.82) is 0 Å². The summed E-state index contributed by atoms with van der Waals surface area (Å²) in [4.78, 5) is 0.889. The Morgan fingerprint density at radius 3 is 2.40 bits per heavy atom. The number of aryl methyl sites for hydroxylation is 1. The zero-order valence-electron chi connectivity index (χ0n) is 6.70. The van der Waals surface area contributed by atoms with Gasteiger partial charge in [0.05, 0.1) is 11.9 Å². The minimum Gasteiger partial charge on any atom is -0.411 e. The molecule has 0 atom stereocenters. The highest BCUT2D eigenvalue weighted by molar-refractivity contribution is 4.97. The van der Waals surface area contributed by atoms with Gasteiger partial charge in [-0.3, -0.25) is 0 Å². The summed E-state index contributed by atoms with van der Waals surface area (Å²) in [5.41, 5.74) is 0.838. The van der Waals surface area contributed by atoms with Gasteiger partial charge in [-0.05, 0) is 12.5 Å². The molecule has 0 amide bonds. The average molecular weight is 142 g/mol. The lowest BCUT2D eigenvalue weighted by atomic mass is 10.3. The van der Waals surface area contributed by atoms with Gasteiger partial charge in [-0.15, -0.1) is 9.94 Å². The van der Waals surface area contributed by atoms with Crippen molar-refractivity contribution in [3.8, 4) is 0 Å². The molecule has 1 N–H and O–H groups in total. The van der Waals surface area contributed by atoms with E-state index < -0.39 is 0 Å². The zero-order chi connectivity index (χ0) is 7.98. The third-order valence-corrected chi connectivity index (χ3v) is 1.06. The first-order valence-electron chi connectivity index (χ1n) is 3.56. The molecule has 0 aliphatic heterocycles. The fraction of sp³-hybridized carbons (Fsp3) is 0.571. The van der Waals surface area contributed by atoms with E-state index in [1.54, 1.807) is 12.3 Å². The maximum atomic E-state index is 8.76. The first-order valence-corrected chi connectivity index (χ1v) is 3.56. The summed E-state index contributed by atoms with van der Waals surface area (Å²) in [7, 11) is 0. The summed E-state index contributed by atoms with van der Waals surface area (Å²) in [6.07, 6.45) is 2.38. The zero-order valence-corrected chi connectivity index (χ0v) is 6.70. The van der Waals surface area contributed by atoms with Crippen LogP contribution >= 0.6 is 0 Å². The molecule has 3 nitrogen and oxygen atoms in total. The van der Waals surface area contributed by atoms with Gasteiger partial charge in [-0.1, -0.05) is 20.8 Å². The third kappa shape index (κ3) is 2.09. The molecule has 58 valence electrons. The Kier molecular flexibility index (Phi) is 4.37. The van der Waals surface area contributed by atoms with Crippen molar-refractivity contribution >= 4 is 0 Å². The van der Waals surface area contributed by atoms with Gasteiger partial charge < -0.3 is 5.21 Å². The van der Waals surface area contributed by atoms with Crippen LogP contribution in [0.15, 0.2) is 12.3 Å². The van der Waals surface area contributed by atoms with E-state index in [2.05, 4.69) is 5.10 Å². The second-order valence-electron chi connectivity index (χ2n) is 1.57. The van der Waals surface area contributed by atoms with Gasteiger partial charge in [0.2, 0.25) is 0 Å². The lowest BCUT2D eigenvalue weighted by Gasteiger charge is -1.90. The second-order valence-corrected chi connectivity index (χ2v) is 1.57. The van der Waals surface area contributed by atoms with Crippen molar-refractivity contribution in [1.82, 2.24) is 9.94 Å². The first kappa shape index (κ1) is 9.01. The topological polar surface area (TPSA) is 38.0 Å². The number of hydrogen-bond acceptors (Lipinski definition) is 2. The molecule has 0 bridgehead atoms. The minimum atomic E-state index is 0.816. The molecule has 3 heteroatoms. The van der Waals surface area contributed by atoms with E-state index in [4.69, 9.17) is 5.21 Å². The van der Waals surface area contributed by atoms with E-state index in [1.165, 1.54) is 0 Å². The van der Waals surface area contributed by atoms with Gasteiger partial charge in [0, 0.05) is 0 Å². The average Bonchev–Trinajstić information content (AvgIpc) is 2.39. The van der Waals surface area contributed by atoms with Crippen LogP contribution < -0.4 is 0 Å². The predicted octanol–water partition coefficient (Wildman–Crippen LogP) is 1.71. The number of nitrogens with zero attached hydrogens (tertiary/aromatic N) is 2. The van der Waals surface area contributed by atoms with Crippen molar-refractivity contribution in [3.05, 3.63) is 18.0 Å². The van der Waals surface area contributed by atoms with E-state index >= 15 is 0 Å². The van der Waals surface area contributed by atoms with Crippen LogP contribution in [0.3, 0.4) is 0 Å². The molecule has 0 unspecified atom stereocenters. The maximum Gasteiger partial charge on any atom is 0.0795 e. The van der Waals surface area contributed by atoms with E-state index in [0.717, 1.165) is 17.0 Å². The van der Waals surface area contributed by atoms with Gasteiger partial charge in [0.15, 0.2) is 0 Å².